The Morgan fingerprint density at radius 3 is 2.69 bits per heavy atom. The predicted octanol–water partition coefficient (Wildman–Crippen LogP) is 3.00. The molecule has 0 amide bonds. The average Bonchev–Trinajstić information content (AvgIpc) is 2.51. The maximum absolute atomic E-state index is 13.9. The smallest absolute Gasteiger partial charge is 0.260 e. The molecule has 16 heavy (non-hydrogen) atoms. The first-order chi connectivity index (χ1) is 7.21. The minimum absolute atomic E-state index is 0. The standard InChI is InChI=1S/C12H6F2N.Pt/c13-12(14)9-5-2-1-4-8(9)11-10(12)6-3-7-15-11;/h1-3,5-7H;/q-1;. The molecule has 0 N–H and O–H groups in total. The minimum atomic E-state index is -2.93. The predicted molar refractivity (Wildman–Crippen MR) is 51.5 cm³/mol. The number of pyridine rings is 1. The molecular weight excluding hydrogens is 391 g/mol. The van der Waals surface area contributed by atoms with Gasteiger partial charge in [-0.1, -0.05) is 11.6 Å². The maximum atomic E-state index is 13.9. The van der Waals surface area contributed by atoms with Crippen molar-refractivity contribution in [3.63, 3.8) is 0 Å². The number of fused-ring (bicyclic) bond motifs is 3. The Balaban J connectivity index is 0.000000963. The summed E-state index contributed by atoms with van der Waals surface area (Å²) >= 11 is 0. The quantitative estimate of drug-likeness (QED) is 0.623. The van der Waals surface area contributed by atoms with Crippen LogP contribution in [0.15, 0.2) is 36.5 Å². The fourth-order valence-electron chi connectivity index (χ4n) is 1.90. The molecule has 1 aliphatic carbocycles. The number of benzene rings is 1. The monoisotopic (exact) mass is 397 g/mol. The molecule has 2 aromatic rings. The summed E-state index contributed by atoms with van der Waals surface area (Å²) in [6, 6.07) is 10.4. The summed E-state index contributed by atoms with van der Waals surface area (Å²) in [7, 11) is 0. The molecule has 0 radical (unpaired) electrons. The Kier molecular flexibility index (Phi) is 2.67. The maximum Gasteiger partial charge on any atom is 0.260 e. The van der Waals surface area contributed by atoms with Crippen LogP contribution in [0.5, 0.6) is 0 Å². The zero-order chi connectivity index (χ0) is 10.5. The molecule has 1 aromatic carbocycles. The number of aromatic nitrogens is 1. The summed E-state index contributed by atoms with van der Waals surface area (Å²) in [4.78, 5) is 3.98. The molecule has 0 fully saturated rings. The number of alkyl halides is 2. The zero-order valence-electron chi connectivity index (χ0n) is 7.98. The third kappa shape index (κ3) is 1.35. The zero-order valence-corrected chi connectivity index (χ0v) is 10.3. The van der Waals surface area contributed by atoms with Crippen LogP contribution < -0.4 is 0 Å². The molecule has 0 atom stereocenters. The van der Waals surface area contributed by atoms with Crippen molar-refractivity contribution in [3.8, 4) is 11.3 Å². The van der Waals surface area contributed by atoms with Crippen LogP contribution in [0.2, 0.25) is 0 Å². The number of hydrogen-bond acceptors (Lipinski definition) is 1. The van der Waals surface area contributed by atoms with Crippen molar-refractivity contribution < 1.29 is 29.8 Å². The van der Waals surface area contributed by atoms with Gasteiger partial charge in [0, 0.05) is 32.8 Å². The Morgan fingerprint density at radius 2 is 1.88 bits per heavy atom. The Hall–Kier alpha value is -1.08. The van der Waals surface area contributed by atoms with Crippen LogP contribution in [0.4, 0.5) is 8.78 Å². The average molecular weight is 397 g/mol. The molecule has 3 rings (SSSR count). The van der Waals surface area contributed by atoms with Gasteiger partial charge in [-0.15, -0.1) is 29.8 Å². The molecule has 1 nitrogen and oxygen atoms in total. The van der Waals surface area contributed by atoms with Crippen LogP contribution in [-0.2, 0) is 27.0 Å². The molecule has 0 unspecified atom stereocenters. The Bertz CT molecular complexity index is 493. The van der Waals surface area contributed by atoms with E-state index in [0.29, 0.717) is 11.3 Å². The fraction of sp³-hybridized carbons (Fsp3) is 0.0833. The first-order valence-electron chi connectivity index (χ1n) is 4.56. The van der Waals surface area contributed by atoms with E-state index in [1.165, 1.54) is 24.4 Å². The van der Waals surface area contributed by atoms with Crippen LogP contribution in [-0.4, -0.2) is 4.98 Å². The Morgan fingerprint density at radius 1 is 1.12 bits per heavy atom. The summed E-state index contributed by atoms with van der Waals surface area (Å²) in [5.74, 6) is -2.93. The van der Waals surface area contributed by atoms with E-state index >= 15 is 0 Å². The van der Waals surface area contributed by atoms with Crippen molar-refractivity contribution >= 4 is 0 Å². The Labute approximate surface area is 106 Å². The van der Waals surface area contributed by atoms with Crippen molar-refractivity contribution in [1.29, 1.82) is 0 Å². The SMILES string of the molecule is FC1(F)c2ccc[c-]c2-c2ncccc21.[Pt]. The van der Waals surface area contributed by atoms with E-state index in [4.69, 9.17) is 0 Å². The molecule has 84 valence electrons. The summed E-state index contributed by atoms with van der Waals surface area (Å²) < 4.78 is 27.7. The molecular formula is C12H6F2NPt-. The van der Waals surface area contributed by atoms with Gasteiger partial charge in [0.1, 0.15) is 0 Å². The van der Waals surface area contributed by atoms with E-state index in [0.717, 1.165) is 0 Å². The molecule has 0 spiro atoms. The summed E-state index contributed by atoms with van der Waals surface area (Å²) in [5, 5.41) is 0. The van der Waals surface area contributed by atoms with Gasteiger partial charge in [0.2, 0.25) is 0 Å². The van der Waals surface area contributed by atoms with Gasteiger partial charge in [0.25, 0.3) is 5.92 Å². The second-order valence-electron chi connectivity index (χ2n) is 3.43. The first kappa shape index (κ1) is 11.4. The van der Waals surface area contributed by atoms with Gasteiger partial charge in [-0.05, 0) is 11.8 Å². The molecule has 0 bridgehead atoms. The van der Waals surface area contributed by atoms with E-state index < -0.39 is 5.92 Å². The van der Waals surface area contributed by atoms with Crippen LogP contribution in [0.3, 0.4) is 0 Å². The van der Waals surface area contributed by atoms with Gasteiger partial charge in [0.15, 0.2) is 0 Å². The van der Waals surface area contributed by atoms with Gasteiger partial charge < -0.3 is 4.98 Å². The van der Waals surface area contributed by atoms with Crippen LogP contribution in [0, 0.1) is 6.07 Å². The van der Waals surface area contributed by atoms with Crippen LogP contribution >= 0.6 is 0 Å². The molecule has 0 aliphatic heterocycles. The number of rotatable bonds is 0. The van der Waals surface area contributed by atoms with Crippen molar-refractivity contribution in [2.75, 3.05) is 0 Å². The molecule has 0 saturated heterocycles. The molecule has 0 saturated carbocycles. The van der Waals surface area contributed by atoms with Crippen molar-refractivity contribution in [2.45, 2.75) is 5.92 Å². The van der Waals surface area contributed by atoms with Crippen LogP contribution in [0.1, 0.15) is 11.1 Å². The molecule has 1 heterocycles. The fourth-order valence-corrected chi connectivity index (χ4v) is 1.90. The van der Waals surface area contributed by atoms with Crippen molar-refractivity contribution in [3.05, 3.63) is 53.7 Å². The summed E-state index contributed by atoms with van der Waals surface area (Å²) in [6.07, 6.45) is 1.52. The van der Waals surface area contributed by atoms with E-state index in [9.17, 15) is 8.78 Å². The first-order valence-corrected chi connectivity index (χ1v) is 4.56. The van der Waals surface area contributed by atoms with E-state index in [-0.39, 0.29) is 32.2 Å². The van der Waals surface area contributed by atoms with Crippen molar-refractivity contribution in [2.24, 2.45) is 0 Å². The second kappa shape index (κ2) is 3.74. The second-order valence-corrected chi connectivity index (χ2v) is 3.43. The molecule has 1 aromatic heterocycles. The largest absolute Gasteiger partial charge is 0.304 e. The molecule has 4 heteroatoms. The normalized spacial score (nSPS) is 14.9. The van der Waals surface area contributed by atoms with E-state index in [1.807, 2.05) is 0 Å². The van der Waals surface area contributed by atoms with Gasteiger partial charge in [0.05, 0.1) is 0 Å². The van der Waals surface area contributed by atoms with Gasteiger partial charge >= 0.3 is 0 Å². The third-order valence-electron chi connectivity index (χ3n) is 2.58. The van der Waals surface area contributed by atoms with Gasteiger partial charge in [-0.2, -0.15) is 0 Å². The van der Waals surface area contributed by atoms with E-state index in [1.54, 1.807) is 12.1 Å². The third-order valence-corrected chi connectivity index (χ3v) is 2.58. The minimum Gasteiger partial charge on any atom is -0.304 e. The number of nitrogens with zero attached hydrogens (tertiary/aromatic N) is 1. The topological polar surface area (TPSA) is 12.9 Å². The van der Waals surface area contributed by atoms with Crippen molar-refractivity contribution in [1.82, 2.24) is 4.98 Å². The number of hydrogen-bond donors (Lipinski definition) is 0. The summed E-state index contributed by atoms with van der Waals surface area (Å²) in [5.41, 5.74) is 0.734. The van der Waals surface area contributed by atoms with E-state index in [2.05, 4.69) is 11.1 Å². The number of halogens is 2. The van der Waals surface area contributed by atoms with Crippen LogP contribution in [0.25, 0.3) is 11.3 Å². The molecule has 1 aliphatic rings. The summed E-state index contributed by atoms with van der Waals surface area (Å²) in [6.45, 7) is 0. The van der Waals surface area contributed by atoms with Gasteiger partial charge in [-0.25, -0.2) is 8.78 Å². The van der Waals surface area contributed by atoms with Gasteiger partial charge in [-0.3, -0.25) is 0 Å².